The molecule has 0 aliphatic carbocycles. The minimum Gasteiger partial charge on any atom is -0.478 e. The molecule has 2 aromatic rings. The lowest BCUT2D eigenvalue weighted by Crippen LogP contribution is -2.30. The molecule has 0 fully saturated rings. The number of furan rings is 1. The Balaban J connectivity index is 2.12. The zero-order valence-corrected chi connectivity index (χ0v) is 15.0. The maximum Gasteiger partial charge on any atom is 0.339 e. The smallest absolute Gasteiger partial charge is 0.339 e. The summed E-state index contributed by atoms with van der Waals surface area (Å²) in [5.74, 6) is -0.877. The number of hydrogen-bond donors (Lipinski definition) is 1. The second-order valence-corrected chi connectivity index (χ2v) is 6.39. The van der Waals surface area contributed by atoms with Gasteiger partial charge in [0.2, 0.25) is 5.91 Å². The van der Waals surface area contributed by atoms with E-state index in [0.29, 0.717) is 21.6 Å². The van der Waals surface area contributed by atoms with Crippen LogP contribution in [0.3, 0.4) is 0 Å². The molecule has 2 rings (SSSR count). The van der Waals surface area contributed by atoms with Gasteiger partial charge in [-0.2, -0.15) is 0 Å². The topological polar surface area (TPSA) is 70.8 Å². The number of carbonyl (C=O) groups is 2. The number of amides is 1. The zero-order valence-electron chi connectivity index (χ0n) is 13.5. The molecule has 0 radical (unpaired) electrons. The highest BCUT2D eigenvalue weighted by molar-refractivity contribution is 6.42. The van der Waals surface area contributed by atoms with Crippen molar-refractivity contribution in [2.75, 3.05) is 7.05 Å². The fourth-order valence-electron chi connectivity index (χ4n) is 2.40. The van der Waals surface area contributed by atoms with Crippen molar-refractivity contribution >= 4 is 35.1 Å². The van der Waals surface area contributed by atoms with Crippen LogP contribution in [0.2, 0.25) is 10.0 Å². The van der Waals surface area contributed by atoms with E-state index in [4.69, 9.17) is 32.7 Å². The average molecular weight is 370 g/mol. The third kappa shape index (κ3) is 3.91. The number of aryl methyl sites for hydroxylation is 1. The fourth-order valence-corrected chi connectivity index (χ4v) is 2.71. The van der Waals surface area contributed by atoms with Gasteiger partial charge in [-0.1, -0.05) is 29.3 Å². The standard InChI is InChI=1S/C17H17Cl2NO4/c1-9(11-4-5-14(18)15(19)6-11)16(21)20(3)8-12-7-13(17(22)23)10(2)24-12/h4-7,9H,8H2,1-3H3,(H,22,23). The third-order valence-electron chi connectivity index (χ3n) is 3.78. The fraction of sp³-hybridized carbons (Fsp3) is 0.294. The van der Waals surface area contributed by atoms with E-state index < -0.39 is 11.9 Å². The summed E-state index contributed by atoms with van der Waals surface area (Å²) in [6.45, 7) is 3.53. The van der Waals surface area contributed by atoms with Gasteiger partial charge in [0.1, 0.15) is 17.1 Å². The summed E-state index contributed by atoms with van der Waals surface area (Å²) < 4.78 is 5.40. The number of rotatable bonds is 5. The van der Waals surface area contributed by atoms with Crippen LogP contribution >= 0.6 is 23.2 Å². The Kier molecular flexibility index (Phi) is 5.57. The molecule has 1 amide bonds. The number of halogens is 2. The van der Waals surface area contributed by atoms with E-state index in [1.165, 1.54) is 11.0 Å². The van der Waals surface area contributed by atoms with E-state index in [9.17, 15) is 9.59 Å². The molecule has 1 N–H and O–H groups in total. The number of carboxylic acid groups (broad SMARTS) is 1. The molecule has 0 aliphatic rings. The van der Waals surface area contributed by atoms with Crippen molar-refractivity contribution in [2.45, 2.75) is 26.3 Å². The van der Waals surface area contributed by atoms with E-state index in [-0.39, 0.29) is 18.0 Å². The second kappa shape index (κ2) is 7.28. The van der Waals surface area contributed by atoms with E-state index in [0.717, 1.165) is 5.56 Å². The molecule has 0 spiro atoms. The minimum absolute atomic E-state index is 0.100. The van der Waals surface area contributed by atoms with Crippen molar-refractivity contribution in [3.05, 3.63) is 57.0 Å². The zero-order chi connectivity index (χ0) is 18.0. The van der Waals surface area contributed by atoms with Gasteiger partial charge in [0, 0.05) is 7.05 Å². The lowest BCUT2D eigenvalue weighted by atomic mass is 10.00. The first-order valence-corrected chi connectivity index (χ1v) is 7.98. The summed E-state index contributed by atoms with van der Waals surface area (Å²) in [6, 6.07) is 6.51. The summed E-state index contributed by atoms with van der Waals surface area (Å²) in [4.78, 5) is 25.1. The second-order valence-electron chi connectivity index (χ2n) is 5.58. The highest BCUT2D eigenvalue weighted by Crippen LogP contribution is 2.27. The van der Waals surface area contributed by atoms with Gasteiger partial charge in [-0.05, 0) is 37.6 Å². The lowest BCUT2D eigenvalue weighted by Gasteiger charge is -2.21. The Morgan fingerprint density at radius 3 is 2.46 bits per heavy atom. The van der Waals surface area contributed by atoms with E-state index in [1.807, 2.05) is 0 Å². The van der Waals surface area contributed by atoms with Gasteiger partial charge in [-0.15, -0.1) is 0 Å². The molecular weight excluding hydrogens is 353 g/mol. The Hall–Kier alpha value is -1.98. The van der Waals surface area contributed by atoms with Crippen LogP contribution in [-0.2, 0) is 11.3 Å². The molecule has 24 heavy (non-hydrogen) atoms. The molecule has 0 saturated heterocycles. The molecule has 128 valence electrons. The predicted octanol–water partition coefficient (Wildman–Crippen LogP) is 4.36. The largest absolute Gasteiger partial charge is 0.478 e. The lowest BCUT2D eigenvalue weighted by molar-refractivity contribution is -0.131. The molecule has 0 aliphatic heterocycles. The van der Waals surface area contributed by atoms with Gasteiger partial charge in [0.15, 0.2) is 0 Å². The van der Waals surface area contributed by atoms with Crippen LogP contribution in [-0.4, -0.2) is 28.9 Å². The van der Waals surface area contributed by atoms with Crippen molar-refractivity contribution in [1.29, 1.82) is 0 Å². The van der Waals surface area contributed by atoms with Gasteiger partial charge in [0.05, 0.1) is 22.5 Å². The average Bonchev–Trinajstić information content (AvgIpc) is 2.89. The molecule has 1 unspecified atom stereocenters. The maximum atomic E-state index is 12.6. The van der Waals surface area contributed by atoms with Crippen molar-refractivity contribution in [2.24, 2.45) is 0 Å². The highest BCUT2D eigenvalue weighted by atomic mass is 35.5. The Morgan fingerprint density at radius 1 is 1.25 bits per heavy atom. The molecule has 7 heteroatoms. The minimum atomic E-state index is -1.05. The van der Waals surface area contributed by atoms with Crippen molar-refractivity contribution < 1.29 is 19.1 Å². The number of likely N-dealkylation sites (N-methyl/N-ethyl adjacent to an activating group) is 1. The number of carbonyl (C=O) groups excluding carboxylic acids is 1. The number of benzene rings is 1. The van der Waals surface area contributed by atoms with Gasteiger partial charge in [0.25, 0.3) is 0 Å². The summed E-state index contributed by atoms with van der Waals surface area (Å²) in [6.07, 6.45) is 0. The normalized spacial score (nSPS) is 12.0. The van der Waals surface area contributed by atoms with Crippen molar-refractivity contribution in [3.8, 4) is 0 Å². The van der Waals surface area contributed by atoms with Gasteiger partial charge in [-0.3, -0.25) is 4.79 Å². The molecule has 1 atom stereocenters. The highest BCUT2D eigenvalue weighted by Gasteiger charge is 2.22. The number of hydrogen-bond acceptors (Lipinski definition) is 3. The summed E-state index contributed by atoms with van der Waals surface area (Å²) in [7, 11) is 1.63. The van der Waals surface area contributed by atoms with Crippen LogP contribution in [0, 0.1) is 6.92 Å². The first-order chi connectivity index (χ1) is 11.2. The summed E-state index contributed by atoms with van der Waals surface area (Å²) in [5, 5.41) is 9.87. The van der Waals surface area contributed by atoms with Crippen LogP contribution in [0.25, 0.3) is 0 Å². The van der Waals surface area contributed by atoms with Crippen molar-refractivity contribution in [1.82, 2.24) is 4.90 Å². The maximum absolute atomic E-state index is 12.6. The van der Waals surface area contributed by atoms with Crippen LogP contribution in [0.4, 0.5) is 0 Å². The van der Waals surface area contributed by atoms with Gasteiger partial charge < -0.3 is 14.4 Å². The third-order valence-corrected chi connectivity index (χ3v) is 4.52. The molecular formula is C17H17Cl2NO4. The summed E-state index contributed by atoms with van der Waals surface area (Å²) >= 11 is 11.9. The SMILES string of the molecule is Cc1oc(CN(C)C(=O)C(C)c2ccc(Cl)c(Cl)c2)cc1C(=O)O. The van der Waals surface area contributed by atoms with Crippen LogP contribution in [0.5, 0.6) is 0 Å². The van der Waals surface area contributed by atoms with E-state index in [2.05, 4.69) is 0 Å². The molecule has 0 saturated carbocycles. The van der Waals surface area contributed by atoms with Crippen LogP contribution in [0.15, 0.2) is 28.7 Å². The van der Waals surface area contributed by atoms with E-state index in [1.54, 1.807) is 39.1 Å². The van der Waals surface area contributed by atoms with Crippen LogP contribution in [0.1, 0.15) is 40.3 Å². The molecule has 1 aromatic carbocycles. The van der Waals surface area contributed by atoms with E-state index >= 15 is 0 Å². The van der Waals surface area contributed by atoms with Gasteiger partial charge in [-0.25, -0.2) is 4.79 Å². The number of aromatic carboxylic acids is 1. The Labute approximate surface area is 149 Å². The van der Waals surface area contributed by atoms with Crippen LogP contribution < -0.4 is 0 Å². The number of carboxylic acids is 1. The first-order valence-electron chi connectivity index (χ1n) is 7.23. The Bertz CT molecular complexity index is 785. The quantitative estimate of drug-likeness (QED) is 0.849. The summed E-state index contributed by atoms with van der Waals surface area (Å²) in [5.41, 5.74) is 0.853. The monoisotopic (exact) mass is 369 g/mol. The Morgan fingerprint density at radius 2 is 1.92 bits per heavy atom. The molecule has 1 aromatic heterocycles. The van der Waals surface area contributed by atoms with Gasteiger partial charge >= 0.3 is 5.97 Å². The van der Waals surface area contributed by atoms with Crippen molar-refractivity contribution in [3.63, 3.8) is 0 Å². The molecule has 1 heterocycles. The first kappa shape index (κ1) is 18.4. The molecule has 0 bridgehead atoms. The predicted molar refractivity (Wildman–Crippen MR) is 91.8 cm³/mol. The number of nitrogens with zero attached hydrogens (tertiary/aromatic N) is 1. The molecule has 5 nitrogen and oxygen atoms in total.